The van der Waals surface area contributed by atoms with Crippen molar-refractivity contribution in [2.45, 2.75) is 65.6 Å². The zero-order chi connectivity index (χ0) is 21.3. The second-order valence-electron chi connectivity index (χ2n) is 8.08. The van der Waals surface area contributed by atoms with Gasteiger partial charge in [0.05, 0.1) is 12.2 Å². The van der Waals surface area contributed by atoms with Gasteiger partial charge in [-0.3, -0.25) is 9.58 Å². The van der Waals surface area contributed by atoms with E-state index in [4.69, 9.17) is 4.99 Å². The monoisotopic (exact) mass is 538 g/mol. The maximum absolute atomic E-state index is 4.92. The Balaban J connectivity index is 0.00000341. The molecule has 1 saturated heterocycles. The molecular formula is C24H39IN6. The van der Waals surface area contributed by atoms with Crippen LogP contribution >= 0.6 is 24.0 Å². The van der Waals surface area contributed by atoms with Gasteiger partial charge >= 0.3 is 0 Å². The molecule has 2 heterocycles. The number of aryl methyl sites for hydroxylation is 2. The average Bonchev–Trinajstić information content (AvgIpc) is 3.08. The zero-order valence-corrected chi connectivity index (χ0v) is 21.9. The first-order valence-electron chi connectivity index (χ1n) is 11.5. The molecule has 0 radical (unpaired) electrons. The van der Waals surface area contributed by atoms with E-state index >= 15 is 0 Å². The summed E-state index contributed by atoms with van der Waals surface area (Å²) in [6.07, 6.45) is 4.22. The summed E-state index contributed by atoms with van der Waals surface area (Å²) in [6, 6.07) is 11.2. The van der Waals surface area contributed by atoms with Crippen LogP contribution in [0, 0.1) is 0 Å². The Morgan fingerprint density at radius 2 is 1.81 bits per heavy atom. The summed E-state index contributed by atoms with van der Waals surface area (Å²) in [7, 11) is 2.04. The van der Waals surface area contributed by atoms with Crippen molar-refractivity contribution in [3.05, 3.63) is 52.8 Å². The van der Waals surface area contributed by atoms with E-state index in [-0.39, 0.29) is 24.0 Å². The van der Waals surface area contributed by atoms with E-state index in [0.717, 1.165) is 57.8 Å². The SMILES string of the molecule is CCNC(=NCc1c(CC)nn(C)c1CC)NC1CCN(Cc2ccccc2)CC1.I. The summed E-state index contributed by atoms with van der Waals surface area (Å²) < 4.78 is 2.02. The van der Waals surface area contributed by atoms with Crippen LogP contribution in [0.1, 0.15) is 56.1 Å². The van der Waals surface area contributed by atoms with Crippen molar-refractivity contribution >= 4 is 29.9 Å². The summed E-state index contributed by atoms with van der Waals surface area (Å²) in [4.78, 5) is 7.47. The van der Waals surface area contributed by atoms with Crippen molar-refractivity contribution in [2.75, 3.05) is 19.6 Å². The smallest absolute Gasteiger partial charge is 0.191 e. The lowest BCUT2D eigenvalue weighted by atomic mass is 10.0. The van der Waals surface area contributed by atoms with Crippen LogP contribution in [-0.2, 0) is 33.0 Å². The molecule has 0 bridgehead atoms. The van der Waals surface area contributed by atoms with Crippen LogP contribution in [0.2, 0.25) is 0 Å². The first-order chi connectivity index (χ1) is 14.6. The fourth-order valence-electron chi connectivity index (χ4n) is 4.32. The molecule has 1 aliphatic heterocycles. The second kappa shape index (κ2) is 13.1. The Kier molecular flexibility index (Phi) is 10.8. The minimum Gasteiger partial charge on any atom is -0.357 e. The van der Waals surface area contributed by atoms with E-state index in [1.54, 1.807) is 0 Å². The third-order valence-electron chi connectivity index (χ3n) is 5.94. The molecule has 0 atom stereocenters. The van der Waals surface area contributed by atoms with Crippen LogP contribution in [0.3, 0.4) is 0 Å². The molecule has 0 amide bonds. The van der Waals surface area contributed by atoms with Gasteiger partial charge in [0, 0.05) is 50.5 Å². The van der Waals surface area contributed by atoms with Gasteiger partial charge in [-0.15, -0.1) is 24.0 Å². The lowest BCUT2D eigenvalue weighted by Gasteiger charge is -2.33. The normalized spacial score (nSPS) is 15.5. The molecule has 1 aliphatic rings. The number of aliphatic imine (C=N–C) groups is 1. The molecule has 0 aliphatic carbocycles. The van der Waals surface area contributed by atoms with E-state index in [0.29, 0.717) is 12.6 Å². The predicted molar refractivity (Wildman–Crippen MR) is 140 cm³/mol. The summed E-state index contributed by atoms with van der Waals surface area (Å²) in [5.41, 5.74) is 5.15. The largest absolute Gasteiger partial charge is 0.357 e. The molecule has 0 unspecified atom stereocenters. The topological polar surface area (TPSA) is 57.5 Å². The van der Waals surface area contributed by atoms with Crippen molar-refractivity contribution in [3.8, 4) is 0 Å². The quantitative estimate of drug-likeness (QED) is 0.304. The van der Waals surface area contributed by atoms with E-state index in [1.807, 2.05) is 11.7 Å². The second-order valence-corrected chi connectivity index (χ2v) is 8.08. The lowest BCUT2D eigenvalue weighted by molar-refractivity contribution is 0.198. The van der Waals surface area contributed by atoms with Crippen molar-refractivity contribution < 1.29 is 0 Å². The number of hydrogen-bond acceptors (Lipinski definition) is 3. The molecule has 3 rings (SSSR count). The first-order valence-corrected chi connectivity index (χ1v) is 11.5. The highest BCUT2D eigenvalue weighted by Gasteiger charge is 2.20. The van der Waals surface area contributed by atoms with Gasteiger partial charge < -0.3 is 10.6 Å². The maximum Gasteiger partial charge on any atom is 0.191 e. The van der Waals surface area contributed by atoms with Crippen molar-refractivity contribution in [3.63, 3.8) is 0 Å². The number of hydrogen-bond donors (Lipinski definition) is 2. The van der Waals surface area contributed by atoms with Gasteiger partial charge in [-0.25, -0.2) is 4.99 Å². The Hall–Kier alpha value is -1.61. The molecule has 2 N–H and O–H groups in total. The summed E-state index contributed by atoms with van der Waals surface area (Å²) in [5.74, 6) is 0.923. The zero-order valence-electron chi connectivity index (χ0n) is 19.5. The Morgan fingerprint density at radius 3 is 2.42 bits per heavy atom. The number of benzene rings is 1. The van der Waals surface area contributed by atoms with Crippen molar-refractivity contribution in [1.82, 2.24) is 25.3 Å². The minimum atomic E-state index is 0. The summed E-state index contributed by atoms with van der Waals surface area (Å²) >= 11 is 0. The van der Waals surface area contributed by atoms with Gasteiger partial charge in [0.1, 0.15) is 0 Å². The summed E-state index contributed by atoms with van der Waals surface area (Å²) in [6.45, 7) is 11.3. The van der Waals surface area contributed by atoms with Gasteiger partial charge in [-0.2, -0.15) is 5.10 Å². The minimum absolute atomic E-state index is 0. The van der Waals surface area contributed by atoms with Crippen molar-refractivity contribution in [2.24, 2.45) is 12.0 Å². The van der Waals surface area contributed by atoms with Crippen LogP contribution in [0.15, 0.2) is 35.3 Å². The molecule has 1 fully saturated rings. The molecule has 31 heavy (non-hydrogen) atoms. The molecule has 172 valence electrons. The maximum atomic E-state index is 4.92. The highest BCUT2D eigenvalue weighted by Crippen LogP contribution is 2.17. The first kappa shape index (κ1) is 25.6. The Morgan fingerprint density at radius 1 is 1.10 bits per heavy atom. The fraction of sp³-hybridized carbons (Fsp3) is 0.583. The van der Waals surface area contributed by atoms with Crippen molar-refractivity contribution in [1.29, 1.82) is 0 Å². The Bertz CT molecular complexity index is 809. The van der Waals surface area contributed by atoms with Gasteiger partial charge in [-0.05, 0) is 38.2 Å². The third kappa shape index (κ3) is 7.20. The number of halogens is 1. The average molecular weight is 539 g/mol. The van der Waals surface area contributed by atoms with E-state index < -0.39 is 0 Å². The lowest BCUT2D eigenvalue weighted by Crippen LogP contribution is -2.48. The molecule has 0 spiro atoms. The van der Waals surface area contributed by atoms with Crippen LogP contribution in [0.5, 0.6) is 0 Å². The number of likely N-dealkylation sites (tertiary alicyclic amines) is 1. The highest BCUT2D eigenvalue weighted by atomic mass is 127. The number of guanidine groups is 1. The number of rotatable bonds is 8. The van der Waals surface area contributed by atoms with Gasteiger partial charge in [0.25, 0.3) is 0 Å². The fourth-order valence-corrected chi connectivity index (χ4v) is 4.32. The Labute approximate surface area is 204 Å². The summed E-state index contributed by atoms with van der Waals surface area (Å²) in [5, 5.41) is 11.8. The predicted octanol–water partition coefficient (Wildman–Crippen LogP) is 3.88. The number of aromatic nitrogens is 2. The molecule has 6 nitrogen and oxygen atoms in total. The molecule has 2 aromatic rings. The van der Waals surface area contributed by atoms with Crippen LogP contribution < -0.4 is 10.6 Å². The number of nitrogens with zero attached hydrogens (tertiary/aromatic N) is 4. The van der Waals surface area contributed by atoms with E-state index in [1.165, 1.54) is 22.5 Å². The molecule has 1 aromatic carbocycles. The molecular weight excluding hydrogens is 499 g/mol. The standard InChI is InChI=1S/C24H38N6.HI/c1-5-22-21(23(6-2)29(4)28-22)17-26-24(25-7-3)27-20-13-15-30(16-14-20)18-19-11-9-8-10-12-19;/h8-12,20H,5-7,13-18H2,1-4H3,(H2,25,26,27);1H. The van der Waals surface area contributed by atoms with Gasteiger partial charge in [0.2, 0.25) is 0 Å². The van der Waals surface area contributed by atoms with Crippen LogP contribution in [0.25, 0.3) is 0 Å². The molecule has 0 saturated carbocycles. The van der Waals surface area contributed by atoms with Crippen LogP contribution in [0.4, 0.5) is 0 Å². The van der Waals surface area contributed by atoms with Crippen LogP contribution in [-0.4, -0.2) is 46.3 Å². The molecule has 7 heteroatoms. The molecule has 1 aromatic heterocycles. The highest BCUT2D eigenvalue weighted by molar-refractivity contribution is 14.0. The van der Waals surface area contributed by atoms with Gasteiger partial charge in [0.15, 0.2) is 5.96 Å². The van der Waals surface area contributed by atoms with E-state index in [2.05, 4.69) is 71.7 Å². The van der Waals surface area contributed by atoms with Gasteiger partial charge in [-0.1, -0.05) is 44.2 Å². The number of nitrogens with one attached hydrogen (secondary N) is 2. The third-order valence-corrected chi connectivity index (χ3v) is 5.94. The number of piperidine rings is 1. The van der Waals surface area contributed by atoms with E-state index in [9.17, 15) is 0 Å².